The van der Waals surface area contributed by atoms with Crippen LogP contribution in [0, 0.1) is 6.92 Å². The van der Waals surface area contributed by atoms with Gasteiger partial charge in [0, 0.05) is 12.0 Å². The second kappa shape index (κ2) is 7.17. The van der Waals surface area contributed by atoms with Gasteiger partial charge in [0.25, 0.3) is 0 Å². The number of aryl methyl sites for hydroxylation is 1. The van der Waals surface area contributed by atoms with Crippen molar-refractivity contribution in [3.05, 3.63) is 11.4 Å². The summed E-state index contributed by atoms with van der Waals surface area (Å²) in [6, 6.07) is 0. The number of esters is 1. The van der Waals surface area contributed by atoms with Crippen molar-refractivity contribution >= 4 is 23.5 Å². The number of nitrogens with one attached hydrogen (secondary N) is 1. The first-order chi connectivity index (χ1) is 8.62. The Bertz CT molecular complexity index is 426. The van der Waals surface area contributed by atoms with Crippen LogP contribution in [0.2, 0.25) is 0 Å². The third-order valence-corrected chi connectivity index (χ3v) is 3.28. The standard InChI is InChI=1S/C11H18N4O2S/c1-4-8-13-10(15-12)7(3)11(14-8)18-6-9(16)17-5-2/h4-6,12H2,1-3H3,(H,13,14,15). The first kappa shape index (κ1) is 14.7. The zero-order valence-electron chi connectivity index (χ0n) is 10.8. The van der Waals surface area contributed by atoms with E-state index in [1.165, 1.54) is 11.8 Å². The Balaban J connectivity index is 2.83. The fourth-order valence-electron chi connectivity index (χ4n) is 1.31. The molecule has 1 heterocycles. The predicted molar refractivity (Wildman–Crippen MR) is 71.3 cm³/mol. The Labute approximate surface area is 111 Å². The molecule has 0 aliphatic heterocycles. The minimum atomic E-state index is -0.249. The SMILES string of the molecule is CCOC(=O)CSc1nc(CC)nc(NN)c1C. The number of hydrogen-bond acceptors (Lipinski definition) is 7. The topological polar surface area (TPSA) is 90.1 Å². The Hall–Kier alpha value is -1.34. The molecule has 0 atom stereocenters. The zero-order chi connectivity index (χ0) is 13.5. The maximum atomic E-state index is 11.3. The largest absolute Gasteiger partial charge is 0.465 e. The van der Waals surface area contributed by atoms with Gasteiger partial charge in [0.1, 0.15) is 16.7 Å². The molecule has 3 N–H and O–H groups in total. The van der Waals surface area contributed by atoms with Gasteiger partial charge in [0.15, 0.2) is 0 Å². The number of hydrazine groups is 1. The van der Waals surface area contributed by atoms with Crippen LogP contribution in [0.4, 0.5) is 5.82 Å². The van der Waals surface area contributed by atoms with Gasteiger partial charge in [-0.1, -0.05) is 18.7 Å². The van der Waals surface area contributed by atoms with E-state index in [1.54, 1.807) is 6.92 Å². The lowest BCUT2D eigenvalue weighted by molar-refractivity contribution is -0.139. The van der Waals surface area contributed by atoms with Crippen molar-refractivity contribution in [2.24, 2.45) is 5.84 Å². The van der Waals surface area contributed by atoms with Crippen LogP contribution >= 0.6 is 11.8 Å². The van der Waals surface area contributed by atoms with Crippen molar-refractivity contribution < 1.29 is 9.53 Å². The van der Waals surface area contributed by atoms with Crippen LogP contribution in [0.25, 0.3) is 0 Å². The molecule has 18 heavy (non-hydrogen) atoms. The molecule has 6 nitrogen and oxygen atoms in total. The first-order valence-corrected chi connectivity index (χ1v) is 6.73. The van der Waals surface area contributed by atoms with Crippen molar-refractivity contribution in [1.82, 2.24) is 9.97 Å². The van der Waals surface area contributed by atoms with Crippen molar-refractivity contribution in [3.8, 4) is 0 Å². The molecule has 0 saturated heterocycles. The van der Waals surface area contributed by atoms with E-state index in [0.29, 0.717) is 24.7 Å². The fourth-order valence-corrected chi connectivity index (χ4v) is 2.13. The fraction of sp³-hybridized carbons (Fsp3) is 0.545. The second-order valence-corrected chi connectivity index (χ2v) is 4.47. The maximum Gasteiger partial charge on any atom is 0.316 e. The molecule has 1 aromatic rings. The Morgan fingerprint density at radius 2 is 2.17 bits per heavy atom. The molecule has 7 heteroatoms. The summed E-state index contributed by atoms with van der Waals surface area (Å²) in [4.78, 5) is 19.9. The van der Waals surface area contributed by atoms with E-state index in [2.05, 4.69) is 15.4 Å². The van der Waals surface area contributed by atoms with E-state index in [9.17, 15) is 4.79 Å². The molecule has 1 rings (SSSR count). The molecular weight excluding hydrogens is 252 g/mol. The molecule has 0 aromatic carbocycles. The van der Waals surface area contributed by atoms with Crippen LogP contribution in [0.3, 0.4) is 0 Å². The highest BCUT2D eigenvalue weighted by Crippen LogP contribution is 2.24. The molecule has 0 aliphatic carbocycles. The summed E-state index contributed by atoms with van der Waals surface area (Å²) in [6.07, 6.45) is 0.710. The summed E-state index contributed by atoms with van der Waals surface area (Å²) in [5, 5.41) is 0.753. The number of aromatic nitrogens is 2. The van der Waals surface area contributed by atoms with E-state index in [-0.39, 0.29) is 11.7 Å². The Morgan fingerprint density at radius 3 is 2.72 bits per heavy atom. The quantitative estimate of drug-likeness (QED) is 0.264. The summed E-state index contributed by atoms with van der Waals surface area (Å²) in [5.41, 5.74) is 3.38. The molecule has 0 fully saturated rings. The summed E-state index contributed by atoms with van der Waals surface area (Å²) < 4.78 is 4.87. The van der Waals surface area contributed by atoms with E-state index in [4.69, 9.17) is 10.6 Å². The van der Waals surface area contributed by atoms with E-state index in [1.807, 2.05) is 13.8 Å². The van der Waals surface area contributed by atoms with Crippen LogP contribution in [0.15, 0.2) is 5.03 Å². The Morgan fingerprint density at radius 1 is 1.44 bits per heavy atom. The second-order valence-electron chi connectivity index (χ2n) is 3.51. The van der Waals surface area contributed by atoms with Gasteiger partial charge in [0.2, 0.25) is 0 Å². The van der Waals surface area contributed by atoms with Gasteiger partial charge in [0.05, 0.1) is 12.4 Å². The van der Waals surface area contributed by atoms with Gasteiger partial charge in [-0.15, -0.1) is 0 Å². The molecule has 0 unspecified atom stereocenters. The van der Waals surface area contributed by atoms with Crippen LogP contribution in [-0.2, 0) is 16.0 Å². The number of nitrogens with zero attached hydrogens (tertiary/aromatic N) is 2. The van der Waals surface area contributed by atoms with E-state index >= 15 is 0 Å². The smallest absolute Gasteiger partial charge is 0.316 e. The van der Waals surface area contributed by atoms with Gasteiger partial charge >= 0.3 is 5.97 Å². The lowest BCUT2D eigenvalue weighted by atomic mass is 10.3. The maximum absolute atomic E-state index is 11.3. The van der Waals surface area contributed by atoms with E-state index < -0.39 is 0 Å². The van der Waals surface area contributed by atoms with Crippen LogP contribution in [-0.4, -0.2) is 28.3 Å². The predicted octanol–water partition coefficient (Wildman–Crippen LogP) is 1.29. The minimum absolute atomic E-state index is 0.235. The lowest BCUT2D eigenvalue weighted by Gasteiger charge is -2.10. The number of ether oxygens (including phenoxy) is 1. The van der Waals surface area contributed by atoms with Crippen LogP contribution in [0.1, 0.15) is 25.2 Å². The highest BCUT2D eigenvalue weighted by atomic mass is 32.2. The number of thioether (sulfide) groups is 1. The average molecular weight is 270 g/mol. The summed E-state index contributed by atoms with van der Waals surface area (Å²) >= 11 is 1.33. The number of carbonyl (C=O) groups excluding carboxylic acids is 1. The van der Waals surface area contributed by atoms with E-state index in [0.717, 1.165) is 10.6 Å². The van der Waals surface area contributed by atoms with Crippen molar-refractivity contribution in [1.29, 1.82) is 0 Å². The molecule has 0 bridgehead atoms. The summed E-state index contributed by atoms with van der Waals surface area (Å²) in [7, 11) is 0. The van der Waals surface area contributed by atoms with Gasteiger partial charge < -0.3 is 10.2 Å². The third kappa shape index (κ3) is 3.85. The zero-order valence-corrected chi connectivity index (χ0v) is 11.6. The molecular formula is C11H18N4O2S. The van der Waals surface area contributed by atoms with Gasteiger partial charge in [-0.2, -0.15) is 0 Å². The number of anilines is 1. The van der Waals surface area contributed by atoms with Gasteiger partial charge in [-0.3, -0.25) is 4.79 Å². The number of carbonyl (C=O) groups is 1. The molecule has 0 aliphatic rings. The number of nitrogen functional groups attached to an aromatic ring is 1. The van der Waals surface area contributed by atoms with Crippen molar-refractivity contribution in [3.63, 3.8) is 0 Å². The third-order valence-electron chi connectivity index (χ3n) is 2.23. The first-order valence-electron chi connectivity index (χ1n) is 5.74. The molecule has 0 amide bonds. The minimum Gasteiger partial charge on any atom is -0.465 e. The molecule has 1 aromatic heterocycles. The van der Waals surface area contributed by atoms with Crippen LogP contribution in [0.5, 0.6) is 0 Å². The lowest BCUT2D eigenvalue weighted by Crippen LogP contribution is -2.13. The molecule has 0 radical (unpaired) electrons. The number of hydrogen-bond donors (Lipinski definition) is 2. The Kier molecular flexibility index (Phi) is 5.87. The highest BCUT2D eigenvalue weighted by Gasteiger charge is 2.12. The van der Waals surface area contributed by atoms with Crippen molar-refractivity contribution in [2.75, 3.05) is 17.8 Å². The molecule has 0 saturated carbocycles. The molecule has 0 spiro atoms. The van der Waals surface area contributed by atoms with Crippen LogP contribution < -0.4 is 11.3 Å². The summed E-state index contributed by atoms with van der Waals surface area (Å²) in [6.45, 7) is 6.00. The average Bonchev–Trinajstić information content (AvgIpc) is 2.38. The number of nitrogens with two attached hydrogens (primary N) is 1. The number of rotatable bonds is 6. The summed E-state index contributed by atoms with van der Waals surface area (Å²) in [5.74, 6) is 6.68. The molecule has 100 valence electrons. The normalized spacial score (nSPS) is 10.2. The van der Waals surface area contributed by atoms with Gasteiger partial charge in [-0.05, 0) is 13.8 Å². The monoisotopic (exact) mass is 270 g/mol. The highest BCUT2D eigenvalue weighted by molar-refractivity contribution is 7.99. The van der Waals surface area contributed by atoms with Crippen molar-refractivity contribution in [2.45, 2.75) is 32.2 Å². The van der Waals surface area contributed by atoms with Gasteiger partial charge in [-0.25, -0.2) is 15.8 Å².